The smallest absolute Gasteiger partial charge is 0.346 e. The molecule has 1 aromatic carbocycles. The van der Waals surface area contributed by atoms with Crippen molar-refractivity contribution in [2.24, 2.45) is 0 Å². The fourth-order valence-electron chi connectivity index (χ4n) is 1.47. The second-order valence-electron chi connectivity index (χ2n) is 3.17. The Bertz CT molecular complexity index is 471. The third-order valence-electron chi connectivity index (χ3n) is 2.20. The van der Waals surface area contributed by atoms with Crippen LogP contribution in [0.3, 0.4) is 0 Å². The van der Waals surface area contributed by atoms with Crippen LogP contribution in [0.25, 0.3) is 0 Å². The molecule has 1 aromatic rings. The van der Waals surface area contributed by atoms with E-state index in [-0.39, 0.29) is 29.4 Å². The molecule has 0 atom stereocenters. The van der Waals surface area contributed by atoms with Crippen molar-refractivity contribution in [2.45, 2.75) is 6.92 Å². The van der Waals surface area contributed by atoms with Crippen molar-refractivity contribution in [1.29, 1.82) is 0 Å². The number of nitro benzene ring substituents is 1. The molecule has 18 heavy (non-hydrogen) atoms. The minimum atomic E-state index is -0.727. The Kier molecular flexibility index (Phi) is 4.47. The van der Waals surface area contributed by atoms with Gasteiger partial charge in [-0.3, -0.25) is 10.1 Å². The molecular formula is C11H13NO6. The second-order valence-corrected chi connectivity index (χ2v) is 3.17. The molecule has 0 aliphatic heterocycles. The number of nitrogens with zero attached hydrogens (tertiary/aromatic N) is 1. The fourth-order valence-corrected chi connectivity index (χ4v) is 1.47. The predicted molar refractivity (Wildman–Crippen MR) is 62.2 cm³/mol. The minimum Gasteiger partial charge on any atom is -0.496 e. The summed E-state index contributed by atoms with van der Waals surface area (Å²) in [6.45, 7) is 1.78. The predicted octanol–water partition coefficient (Wildman–Crippen LogP) is 1.79. The van der Waals surface area contributed by atoms with Crippen molar-refractivity contribution < 1.29 is 23.9 Å². The standard InChI is InChI=1S/C11H13NO6/c1-4-18-11(13)9-8(16-2)6-5-7(12(14)15)10(9)17-3/h5-6H,4H2,1-3H3. The summed E-state index contributed by atoms with van der Waals surface area (Å²) >= 11 is 0. The van der Waals surface area contributed by atoms with Crippen molar-refractivity contribution in [3.63, 3.8) is 0 Å². The van der Waals surface area contributed by atoms with Gasteiger partial charge in [0.25, 0.3) is 0 Å². The Morgan fingerprint density at radius 1 is 1.33 bits per heavy atom. The summed E-state index contributed by atoms with van der Waals surface area (Å²) in [4.78, 5) is 22.0. The molecule has 0 aliphatic rings. The average Bonchev–Trinajstić information content (AvgIpc) is 2.36. The van der Waals surface area contributed by atoms with Crippen LogP contribution in [0.4, 0.5) is 5.69 Å². The number of nitro groups is 1. The van der Waals surface area contributed by atoms with Gasteiger partial charge in [0.2, 0.25) is 5.75 Å². The highest BCUT2D eigenvalue weighted by molar-refractivity contribution is 5.97. The Labute approximate surface area is 103 Å². The normalized spacial score (nSPS) is 9.72. The van der Waals surface area contributed by atoms with E-state index < -0.39 is 10.9 Å². The average molecular weight is 255 g/mol. The molecule has 0 amide bonds. The molecule has 0 radical (unpaired) electrons. The van der Waals surface area contributed by atoms with E-state index in [1.54, 1.807) is 6.92 Å². The molecule has 0 saturated heterocycles. The molecule has 1 rings (SSSR count). The van der Waals surface area contributed by atoms with Gasteiger partial charge in [-0.05, 0) is 13.0 Å². The van der Waals surface area contributed by atoms with Gasteiger partial charge >= 0.3 is 11.7 Å². The minimum absolute atomic E-state index is 0.0870. The summed E-state index contributed by atoms with van der Waals surface area (Å²) in [6.07, 6.45) is 0. The number of carbonyl (C=O) groups excluding carboxylic acids is 1. The Hall–Kier alpha value is -2.31. The number of benzene rings is 1. The first-order valence-electron chi connectivity index (χ1n) is 5.13. The highest BCUT2D eigenvalue weighted by Gasteiger charge is 2.28. The summed E-state index contributed by atoms with van der Waals surface area (Å²) < 4.78 is 14.7. The van der Waals surface area contributed by atoms with Gasteiger partial charge in [0, 0.05) is 6.07 Å². The monoisotopic (exact) mass is 255 g/mol. The number of esters is 1. The van der Waals surface area contributed by atoms with Crippen LogP contribution in [0, 0.1) is 10.1 Å². The number of hydrogen-bond donors (Lipinski definition) is 0. The molecule has 98 valence electrons. The van der Waals surface area contributed by atoms with Crippen LogP contribution in [0.5, 0.6) is 11.5 Å². The van der Waals surface area contributed by atoms with Gasteiger partial charge in [-0.15, -0.1) is 0 Å². The van der Waals surface area contributed by atoms with E-state index in [4.69, 9.17) is 14.2 Å². The molecule has 0 saturated carbocycles. The maximum atomic E-state index is 11.8. The maximum Gasteiger partial charge on any atom is 0.346 e. The van der Waals surface area contributed by atoms with E-state index in [1.165, 1.54) is 26.4 Å². The van der Waals surface area contributed by atoms with Crippen LogP contribution >= 0.6 is 0 Å². The topological polar surface area (TPSA) is 87.9 Å². The van der Waals surface area contributed by atoms with Crippen LogP contribution < -0.4 is 9.47 Å². The van der Waals surface area contributed by atoms with Gasteiger partial charge in [0.1, 0.15) is 5.75 Å². The van der Waals surface area contributed by atoms with E-state index in [0.717, 1.165) is 0 Å². The molecule has 0 unspecified atom stereocenters. The van der Waals surface area contributed by atoms with Crippen molar-refractivity contribution in [3.05, 3.63) is 27.8 Å². The van der Waals surface area contributed by atoms with E-state index in [1.807, 2.05) is 0 Å². The van der Waals surface area contributed by atoms with Crippen molar-refractivity contribution >= 4 is 11.7 Å². The van der Waals surface area contributed by atoms with Crippen LogP contribution in [0.2, 0.25) is 0 Å². The highest BCUT2D eigenvalue weighted by Crippen LogP contribution is 2.37. The van der Waals surface area contributed by atoms with Crippen LogP contribution in [0.1, 0.15) is 17.3 Å². The highest BCUT2D eigenvalue weighted by atomic mass is 16.6. The lowest BCUT2D eigenvalue weighted by molar-refractivity contribution is -0.385. The van der Waals surface area contributed by atoms with Crippen LogP contribution in [-0.2, 0) is 4.74 Å². The first-order valence-corrected chi connectivity index (χ1v) is 5.13. The lowest BCUT2D eigenvalue weighted by Crippen LogP contribution is -2.10. The second kappa shape index (κ2) is 5.85. The molecule has 7 nitrogen and oxygen atoms in total. The third kappa shape index (κ3) is 2.50. The van der Waals surface area contributed by atoms with E-state index in [2.05, 4.69) is 0 Å². The zero-order valence-corrected chi connectivity index (χ0v) is 10.3. The number of methoxy groups -OCH3 is 2. The van der Waals surface area contributed by atoms with E-state index in [0.29, 0.717) is 0 Å². The number of carbonyl (C=O) groups is 1. The molecule has 0 aromatic heterocycles. The zero-order valence-electron chi connectivity index (χ0n) is 10.3. The summed E-state index contributed by atoms with van der Waals surface area (Å²) in [5.41, 5.74) is -0.405. The summed E-state index contributed by atoms with van der Waals surface area (Å²) in [5.74, 6) is -0.733. The first-order chi connectivity index (χ1) is 8.56. The SMILES string of the molecule is CCOC(=O)c1c(OC)ccc([N+](=O)[O-])c1OC. The molecule has 0 aliphatic carbocycles. The third-order valence-corrected chi connectivity index (χ3v) is 2.20. The lowest BCUT2D eigenvalue weighted by atomic mass is 10.1. The van der Waals surface area contributed by atoms with Gasteiger partial charge in [-0.2, -0.15) is 0 Å². The number of rotatable bonds is 5. The Morgan fingerprint density at radius 3 is 2.44 bits per heavy atom. The molecule has 0 spiro atoms. The van der Waals surface area contributed by atoms with Gasteiger partial charge < -0.3 is 14.2 Å². The lowest BCUT2D eigenvalue weighted by Gasteiger charge is -2.11. The largest absolute Gasteiger partial charge is 0.496 e. The molecule has 7 heteroatoms. The molecule has 0 bridgehead atoms. The summed E-state index contributed by atoms with van der Waals surface area (Å²) in [6, 6.07) is 2.54. The van der Waals surface area contributed by atoms with E-state index >= 15 is 0 Å². The molecular weight excluding hydrogens is 242 g/mol. The Morgan fingerprint density at radius 2 is 2.00 bits per heavy atom. The molecule has 0 fully saturated rings. The van der Waals surface area contributed by atoms with E-state index in [9.17, 15) is 14.9 Å². The number of hydrogen-bond acceptors (Lipinski definition) is 6. The summed E-state index contributed by atoms with van der Waals surface area (Å²) in [5, 5.41) is 10.8. The van der Waals surface area contributed by atoms with Gasteiger partial charge in [0.15, 0.2) is 5.56 Å². The Balaban J connectivity index is 3.46. The van der Waals surface area contributed by atoms with Crippen LogP contribution in [-0.4, -0.2) is 31.7 Å². The van der Waals surface area contributed by atoms with Crippen molar-refractivity contribution in [1.82, 2.24) is 0 Å². The van der Waals surface area contributed by atoms with Gasteiger partial charge in [0.05, 0.1) is 25.7 Å². The maximum absolute atomic E-state index is 11.8. The first kappa shape index (κ1) is 13.8. The molecule has 0 heterocycles. The molecule has 0 N–H and O–H groups in total. The van der Waals surface area contributed by atoms with Gasteiger partial charge in [-0.25, -0.2) is 4.79 Å². The summed E-state index contributed by atoms with van der Waals surface area (Å²) in [7, 11) is 2.59. The van der Waals surface area contributed by atoms with Crippen molar-refractivity contribution in [2.75, 3.05) is 20.8 Å². The quantitative estimate of drug-likeness (QED) is 0.452. The van der Waals surface area contributed by atoms with Crippen LogP contribution in [0.15, 0.2) is 12.1 Å². The number of ether oxygens (including phenoxy) is 3. The fraction of sp³-hybridized carbons (Fsp3) is 0.364. The van der Waals surface area contributed by atoms with Gasteiger partial charge in [-0.1, -0.05) is 0 Å². The zero-order chi connectivity index (χ0) is 13.7. The van der Waals surface area contributed by atoms with Crippen molar-refractivity contribution in [3.8, 4) is 11.5 Å².